The number of rotatable bonds is 1. The Bertz CT molecular complexity index is 236. The summed E-state index contributed by atoms with van der Waals surface area (Å²) in [5, 5.41) is 7.74. The van der Waals surface area contributed by atoms with Crippen molar-refractivity contribution in [3.05, 3.63) is 12.2 Å². The number of nitrogens with two attached hydrogens (primary N) is 1. The van der Waals surface area contributed by atoms with E-state index < -0.39 is 0 Å². The Morgan fingerprint density at radius 1 is 1.45 bits per heavy atom. The molecular weight excluding hydrogens is 140 g/mol. The van der Waals surface area contributed by atoms with E-state index in [-0.39, 0.29) is 0 Å². The summed E-state index contributed by atoms with van der Waals surface area (Å²) in [6.45, 7) is 0. The third-order valence-electron chi connectivity index (χ3n) is 2.32. The Balaban J connectivity index is 2.21. The summed E-state index contributed by atoms with van der Waals surface area (Å²) >= 11 is 0. The molecule has 1 heterocycles. The summed E-state index contributed by atoms with van der Waals surface area (Å²) in [5.41, 5.74) is 0. The lowest BCUT2D eigenvalue weighted by Crippen LogP contribution is -2.13. The molecule has 1 aliphatic carbocycles. The molecule has 4 nitrogen and oxygen atoms in total. The van der Waals surface area contributed by atoms with Gasteiger partial charge in [-0.25, -0.2) is 4.68 Å². The van der Waals surface area contributed by atoms with Crippen LogP contribution in [0.3, 0.4) is 0 Å². The van der Waals surface area contributed by atoms with Crippen LogP contribution in [0.15, 0.2) is 6.33 Å². The molecule has 1 aromatic heterocycles. The van der Waals surface area contributed by atoms with Crippen LogP contribution in [0.25, 0.3) is 0 Å². The van der Waals surface area contributed by atoms with Gasteiger partial charge in [-0.3, -0.25) is 0 Å². The largest absolute Gasteiger partial charge is 0.336 e. The maximum absolute atomic E-state index is 5.61. The highest BCUT2D eigenvalue weighted by Gasteiger charge is 2.21. The zero-order valence-electron chi connectivity index (χ0n) is 6.40. The first-order chi connectivity index (χ1) is 5.38. The van der Waals surface area contributed by atoms with Crippen molar-refractivity contribution in [3.63, 3.8) is 0 Å². The summed E-state index contributed by atoms with van der Waals surface area (Å²) in [7, 11) is 0. The molecular formula is C7H12N4. The van der Waals surface area contributed by atoms with E-state index in [4.69, 9.17) is 5.84 Å². The predicted octanol–water partition coefficient (Wildman–Crippen LogP) is 0.649. The van der Waals surface area contributed by atoms with Crippen molar-refractivity contribution in [2.24, 2.45) is 0 Å². The smallest absolute Gasteiger partial charge is 0.154 e. The molecule has 1 aliphatic rings. The van der Waals surface area contributed by atoms with Crippen LogP contribution in [-0.4, -0.2) is 14.9 Å². The lowest BCUT2D eigenvalue weighted by atomic mass is 10.1. The highest BCUT2D eigenvalue weighted by atomic mass is 15.4. The van der Waals surface area contributed by atoms with Crippen LogP contribution in [0.5, 0.6) is 0 Å². The van der Waals surface area contributed by atoms with Gasteiger partial charge >= 0.3 is 0 Å². The second-order valence-electron chi connectivity index (χ2n) is 3.08. The number of hydrogen-bond donors (Lipinski definition) is 1. The third kappa shape index (κ3) is 1.08. The normalized spacial score (nSPS) is 19.3. The molecule has 1 fully saturated rings. The van der Waals surface area contributed by atoms with Crippen LogP contribution in [0.2, 0.25) is 0 Å². The lowest BCUT2D eigenvalue weighted by molar-refractivity contribution is 0.642. The molecule has 0 aromatic carbocycles. The Morgan fingerprint density at radius 2 is 2.18 bits per heavy atom. The van der Waals surface area contributed by atoms with Gasteiger partial charge in [-0.2, -0.15) is 0 Å². The molecule has 0 saturated heterocycles. The topological polar surface area (TPSA) is 56.7 Å². The molecule has 2 rings (SSSR count). The summed E-state index contributed by atoms with van der Waals surface area (Å²) in [6.07, 6.45) is 6.61. The molecule has 1 aromatic rings. The molecule has 2 N–H and O–H groups in total. The molecule has 4 heteroatoms. The minimum absolute atomic E-state index is 0.558. The van der Waals surface area contributed by atoms with Gasteiger partial charge in [0.05, 0.1) is 0 Å². The third-order valence-corrected chi connectivity index (χ3v) is 2.32. The van der Waals surface area contributed by atoms with E-state index in [1.807, 2.05) is 0 Å². The van der Waals surface area contributed by atoms with E-state index in [2.05, 4.69) is 10.2 Å². The summed E-state index contributed by atoms with van der Waals surface area (Å²) < 4.78 is 1.54. The van der Waals surface area contributed by atoms with Crippen molar-refractivity contribution in [3.8, 4) is 0 Å². The fraction of sp³-hybridized carbons (Fsp3) is 0.714. The van der Waals surface area contributed by atoms with Crippen LogP contribution in [0, 0.1) is 0 Å². The first kappa shape index (κ1) is 6.64. The zero-order chi connectivity index (χ0) is 7.68. The van der Waals surface area contributed by atoms with E-state index in [1.54, 1.807) is 6.33 Å². The predicted molar refractivity (Wildman–Crippen MR) is 41.4 cm³/mol. The molecule has 11 heavy (non-hydrogen) atoms. The molecule has 0 bridgehead atoms. The summed E-state index contributed by atoms with van der Waals surface area (Å²) in [6, 6.07) is 0. The maximum Gasteiger partial charge on any atom is 0.154 e. The van der Waals surface area contributed by atoms with E-state index in [0.29, 0.717) is 5.92 Å². The standard InChI is InChI=1S/C7H12N4/c8-11-5-9-10-7(11)6-3-1-2-4-6/h5-6H,1-4,8H2. The minimum atomic E-state index is 0.558. The van der Waals surface area contributed by atoms with Gasteiger partial charge in [0.15, 0.2) is 5.82 Å². The first-order valence-electron chi connectivity index (χ1n) is 4.03. The van der Waals surface area contributed by atoms with Crippen LogP contribution in [-0.2, 0) is 0 Å². The maximum atomic E-state index is 5.61. The van der Waals surface area contributed by atoms with Gasteiger partial charge < -0.3 is 5.84 Å². The molecule has 0 aliphatic heterocycles. The van der Waals surface area contributed by atoms with Crippen LogP contribution in [0.4, 0.5) is 0 Å². The van der Waals surface area contributed by atoms with Gasteiger partial charge in [0.25, 0.3) is 0 Å². The van der Waals surface area contributed by atoms with Gasteiger partial charge in [-0.15, -0.1) is 10.2 Å². The van der Waals surface area contributed by atoms with Crippen molar-refractivity contribution in [2.75, 3.05) is 5.84 Å². The Labute approximate surface area is 65.4 Å². The van der Waals surface area contributed by atoms with Gasteiger partial charge in [0.2, 0.25) is 0 Å². The Hall–Kier alpha value is -1.06. The summed E-state index contributed by atoms with van der Waals surface area (Å²) in [5.74, 6) is 7.12. The second-order valence-corrected chi connectivity index (χ2v) is 3.08. The van der Waals surface area contributed by atoms with Crippen molar-refractivity contribution >= 4 is 0 Å². The molecule has 0 radical (unpaired) electrons. The molecule has 1 saturated carbocycles. The van der Waals surface area contributed by atoms with Gasteiger partial charge in [-0.05, 0) is 12.8 Å². The number of nitrogen functional groups attached to an aromatic ring is 1. The van der Waals surface area contributed by atoms with Crippen LogP contribution in [0.1, 0.15) is 37.4 Å². The number of aromatic nitrogens is 3. The van der Waals surface area contributed by atoms with E-state index in [1.165, 1.54) is 30.4 Å². The Kier molecular flexibility index (Phi) is 1.52. The monoisotopic (exact) mass is 152 g/mol. The van der Waals surface area contributed by atoms with E-state index in [0.717, 1.165) is 5.82 Å². The number of nitrogens with zero attached hydrogens (tertiary/aromatic N) is 3. The highest BCUT2D eigenvalue weighted by Crippen LogP contribution is 2.31. The Morgan fingerprint density at radius 3 is 2.73 bits per heavy atom. The SMILES string of the molecule is Nn1cnnc1C1CCCC1. The fourth-order valence-electron chi connectivity index (χ4n) is 1.73. The van der Waals surface area contributed by atoms with Gasteiger partial charge in [0, 0.05) is 5.92 Å². The second kappa shape index (κ2) is 2.53. The molecule has 60 valence electrons. The molecule has 0 amide bonds. The first-order valence-corrected chi connectivity index (χ1v) is 4.03. The lowest BCUT2D eigenvalue weighted by Gasteiger charge is -2.05. The van der Waals surface area contributed by atoms with Gasteiger partial charge in [-0.1, -0.05) is 12.8 Å². The van der Waals surface area contributed by atoms with E-state index in [9.17, 15) is 0 Å². The van der Waals surface area contributed by atoms with Gasteiger partial charge in [0.1, 0.15) is 6.33 Å². The number of hydrogen-bond acceptors (Lipinski definition) is 3. The average Bonchev–Trinajstić information content (AvgIpc) is 2.55. The van der Waals surface area contributed by atoms with Crippen LogP contribution < -0.4 is 5.84 Å². The molecule has 0 unspecified atom stereocenters. The van der Waals surface area contributed by atoms with E-state index >= 15 is 0 Å². The van der Waals surface area contributed by atoms with Crippen molar-refractivity contribution in [1.82, 2.24) is 14.9 Å². The minimum Gasteiger partial charge on any atom is -0.336 e. The van der Waals surface area contributed by atoms with Crippen molar-refractivity contribution in [2.45, 2.75) is 31.6 Å². The molecule has 0 atom stereocenters. The van der Waals surface area contributed by atoms with Crippen molar-refractivity contribution in [1.29, 1.82) is 0 Å². The molecule has 0 spiro atoms. The zero-order valence-corrected chi connectivity index (χ0v) is 6.40. The highest BCUT2D eigenvalue weighted by molar-refractivity contribution is 4.98. The quantitative estimate of drug-likeness (QED) is 0.601. The fourth-order valence-corrected chi connectivity index (χ4v) is 1.73. The summed E-state index contributed by atoms with van der Waals surface area (Å²) in [4.78, 5) is 0. The van der Waals surface area contributed by atoms with Crippen molar-refractivity contribution < 1.29 is 0 Å². The average molecular weight is 152 g/mol. The van der Waals surface area contributed by atoms with Crippen LogP contribution >= 0.6 is 0 Å².